The van der Waals surface area contributed by atoms with E-state index in [4.69, 9.17) is 0 Å². The molecule has 0 spiro atoms. The van der Waals surface area contributed by atoms with Gasteiger partial charge in [0.1, 0.15) is 0 Å². The van der Waals surface area contributed by atoms with Crippen LogP contribution in [0.25, 0.3) is 0 Å². The second-order valence-electron chi connectivity index (χ2n) is 5.96. The van der Waals surface area contributed by atoms with E-state index in [2.05, 4.69) is 37.9 Å². The van der Waals surface area contributed by atoms with Gasteiger partial charge in [-0.15, -0.1) is 0 Å². The minimum atomic E-state index is -0.0719. The van der Waals surface area contributed by atoms with Gasteiger partial charge in [0, 0.05) is 17.6 Å². The lowest BCUT2D eigenvalue weighted by atomic mass is 9.96. The van der Waals surface area contributed by atoms with E-state index in [0.717, 1.165) is 25.9 Å². The topological polar surface area (TPSA) is 35.5 Å². The molecular formula is C14H30N2O. The summed E-state index contributed by atoms with van der Waals surface area (Å²) in [6.45, 7) is 11.4. The molecule has 0 radical (unpaired) electrons. The van der Waals surface area contributed by atoms with Crippen LogP contribution in [0.1, 0.15) is 53.4 Å². The van der Waals surface area contributed by atoms with E-state index in [1.54, 1.807) is 0 Å². The molecule has 0 aromatic rings. The lowest BCUT2D eigenvalue weighted by molar-refractivity contribution is 0.150. The van der Waals surface area contributed by atoms with Gasteiger partial charge in [0.25, 0.3) is 0 Å². The zero-order valence-electron chi connectivity index (χ0n) is 12.0. The average Bonchev–Trinajstić information content (AvgIpc) is 3.07. The van der Waals surface area contributed by atoms with Crippen molar-refractivity contribution in [3.63, 3.8) is 0 Å². The van der Waals surface area contributed by atoms with Gasteiger partial charge in [-0.3, -0.25) is 0 Å². The minimum Gasteiger partial charge on any atom is -0.394 e. The van der Waals surface area contributed by atoms with Crippen LogP contribution in [-0.4, -0.2) is 47.3 Å². The highest BCUT2D eigenvalue weighted by molar-refractivity contribution is 4.92. The Morgan fingerprint density at radius 1 is 1.41 bits per heavy atom. The summed E-state index contributed by atoms with van der Waals surface area (Å²) in [4.78, 5) is 2.48. The molecule has 0 heterocycles. The third kappa shape index (κ3) is 5.36. The fourth-order valence-corrected chi connectivity index (χ4v) is 2.37. The molecule has 1 saturated carbocycles. The maximum Gasteiger partial charge on any atom is 0.0610 e. The van der Waals surface area contributed by atoms with Gasteiger partial charge in [0.15, 0.2) is 0 Å². The quantitative estimate of drug-likeness (QED) is 0.649. The van der Waals surface area contributed by atoms with Gasteiger partial charge in [0.2, 0.25) is 0 Å². The second-order valence-corrected chi connectivity index (χ2v) is 5.96. The summed E-state index contributed by atoms with van der Waals surface area (Å²) in [5.74, 6) is 0. The molecule has 1 fully saturated rings. The molecule has 0 bridgehead atoms. The van der Waals surface area contributed by atoms with Crippen LogP contribution in [0.2, 0.25) is 0 Å². The SMILES string of the molecule is CCN(CCCC(C)(CO)NC1CC1)C(C)C. The van der Waals surface area contributed by atoms with Crippen molar-refractivity contribution in [1.82, 2.24) is 10.2 Å². The van der Waals surface area contributed by atoms with Crippen molar-refractivity contribution in [2.24, 2.45) is 0 Å². The van der Waals surface area contributed by atoms with E-state index in [1.807, 2.05) is 0 Å². The largest absolute Gasteiger partial charge is 0.394 e. The second kappa shape index (κ2) is 6.72. The first-order valence-corrected chi connectivity index (χ1v) is 7.13. The summed E-state index contributed by atoms with van der Waals surface area (Å²) >= 11 is 0. The summed E-state index contributed by atoms with van der Waals surface area (Å²) in [7, 11) is 0. The molecule has 1 aliphatic carbocycles. The normalized spacial score (nSPS) is 19.9. The fraction of sp³-hybridized carbons (Fsp3) is 1.00. The van der Waals surface area contributed by atoms with Crippen LogP contribution in [0.4, 0.5) is 0 Å². The zero-order chi connectivity index (χ0) is 12.9. The first-order chi connectivity index (χ1) is 8.00. The smallest absolute Gasteiger partial charge is 0.0610 e. The van der Waals surface area contributed by atoms with Crippen molar-refractivity contribution in [2.45, 2.75) is 71.0 Å². The highest BCUT2D eigenvalue weighted by atomic mass is 16.3. The Labute approximate surface area is 107 Å². The van der Waals surface area contributed by atoms with Gasteiger partial charge in [0.05, 0.1) is 6.61 Å². The monoisotopic (exact) mass is 242 g/mol. The Kier molecular flexibility index (Phi) is 5.90. The number of rotatable bonds is 9. The van der Waals surface area contributed by atoms with Gasteiger partial charge in [-0.25, -0.2) is 0 Å². The average molecular weight is 242 g/mol. The predicted octanol–water partition coefficient (Wildman–Crippen LogP) is 2.00. The predicted molar refractivity (Wildman–Crippen MR) is 73.3 cm³/mol. The summed E-state index contributed by atoms with van der Waals surface area (Å²) < 4.78 is 0. The van der Waals surface area contributed by atoms with Crippen LogP contribution < -0.4 is 5.32 Å². The van der Waals surface area contributed by atoms with E-state index in [9.17, 15) is 5.11 Å². The van der Waals surface area contributed by atoms with Crippen molar-refractivity contribution in [1.29, 1.82) is 0 Å². The van der Waals surface area contributed by atoms with E-state index in [-0.39, 0.29) is 12.1 Å². The van der Waals surface area contributed by atoms with Crippen LogP contribution in [0, 0.1) is 0 Å². The maximum atomic E-state index is 9.52. The zero-order valence-corrected chi connectivity index (χ0v) is 12.0. The van der Waals surface area contributed by atoms with Crippen molar-refractivity contribution >= 4 is 0 Å². The highest BCUT2D eigenvalue weighted by Crippen LogP contribution is 2.24. The lowest BCUT2D eigenvalue weighted by Crippen LogP contribution is -2.47. The Balaban J connectivity index is 2.26. The minimum absolute atomic E-state index is 0.0719. The van der Waals surface area contributed by atoms with Gasteiger partial charge in [-0.05, 0) is 59.5 Å². The number of hydrogen-bond acceptors (Lipinski definition) is 3. The van der Waals surface area contributed by atoms with Crippen LogP contribution in [0.15, 0.2) is 0 Å². The van der Waals surface area contributed by atoms with E-state index in [1.165, 1.54) is 12.8 Å². The standard InChI is InChI=1S/C14H30N2O/c1-5-16(12(2)3)10-6-9-14(4,11-17)15-13-7-8-13/h12-13,15,17H,5-11H2,1-4H3. The number of nitrogens with zero attached hydrogens (tertiary/aromatic N) is 1. The van der Waals surface area contributed by atoms with Crippen LogP contribution in [0.3, 0.4) is 0 Å². The van der Waals surface area contributed by atoms with E-state index < -0.39 is 0 Å². The van der Waals surface area contributed by atoms with Crippen molar-refractivity contribution in [3.8, 4) is 0 Å². The summed E-state index contributed by atoms with van der Waals surface area (Å²) in [6.07, 6.45) is 4.78. The number of aliphatic hydroxyl groups excluding tert-OH is 1. The Hall–Kier alpha value is -0.120. The molecule has 3 nitrogen and oxygen atoms in total. The van der Waals surface area contributed by atoms with Gasteiger partial charge < -0.3 is 15.3 Å². The third-order valence-corrected chi connectivity index (χ3v) is 3.79. The lowest BCUT2D eigenvalue weighted by Gasteiger charge is -2.31. The molecule has 17 heavy (non-hydrogen) atoms. The Morgan fingerprint density at radius 2 is 2.06 bits per heavy atom. The molecule has 1 rings (SSSR count). The first kappa shape index (κ1) is 14.9. The van der Waals surface area contributed by atoms with E-state index >= 15 is 0 Å². The van der Waals surface area contributed by atoms with Crippen LogP contribution in [-0.2, 0) is 0 Å². The van der Waals surface area contributed by atoms with Crippen LogP contribution >= 0.6 is 0 Å². The molecule has 1 atom stereocenters. The number of nitrogens with one attached hydrogen (secondary N) is 1. The molecule has 0 aliphatic heterocycles. The van der Waals surface area contributed by atoms with Crippen molar-refractivity contribution in [2.75, 3.05) is 19.7 Å². The summed E-state index contributed by atoms with van der Waals surface area (Å²) in [6, 6.07) is 1.29. The Bertz CT molecular complexity index is 216. The summed E-state index contributed by atoms with van der Waals surface area (Å²) in [5.41, 5.74) is -0.0719. The molecule has 2 N–H and O–H groups in total. The van der Waals surface area contributed by atoms with Crippen LogP contribution in [0.5, 0.6) is 0 Å². The van der Waals surface area contributed by atoms with Gasteiger partial charge in [-0.1, -0.05) is 6.92 Å². The molecule has 0 amide bonds. The molecule has 1 aliphatic rings. The molecule has 0 aromatic heterocycles. The van der Waals surface area contributed by atoms with E-state index in [0.29, 0.717) is 12.1 Å². The number of hydrogen-bond donors (Lipinski definition) is 2. The number of aliphatic hydroxyl groups is 1. The molecule has 1 unspecified atom stereocenters. The van der Waals surface area contributed by atoms with Gasteiger partial charge in [-0.2, -0.15) is 0 Å². The molecule has 3 heteroatoms. The summed E-state index contributed by atoms with van der Waals surface area (Å²) in [5, 5.41) is 13.1. The van der Waals surface area contributed by atoms with Gasteiger partial charge >= 0.3 is 0 Å². The van der Waals surface area contributed by atoms with Crippen molar-refractivity contribution < 1.29 is 5.11 Å². The third-order valence-electron chi connectivity index (χ3n) is 3.79. The molecule has 0 saturated heterocycles. The molecular weight excluding hydrogens is 212 g/mol. The van der Waals surface area contributed by atoms with Crippen molar-refractivity contribution in [3.05, 3.63) is 0 Å². The highest BCUT2D eigenvalue weighted by Gasteiger charge is 2.31. The molecule has 0 aromatic carbocycles. The fourth-order valence-electron chi connectivity index (χ4n) is 2.37. The first-order valence-electron chi connectivity index (χ1n) is 7.13. The maximum absolute atomic E-state index is 9.52. The molecule has 102 valence electrons. The Morgan fingerprint density at radius 3 is 2.47 bits per heavy atom.